The standard InChI is InChI=1S/C22H18BrClN2O2/c1-28-17-11-5-14(6-12-17)13-26-21-18(3-2-4-19(21)23)20(25-26)22(27)15-7-9-16(24)10-8-15/h2-12,22,27H,13H2,1H3. The van der Waals surface area contributed by atoms with Crippen LogP contribution in [-0.2, 0) is 6.54 Å². The summed E-state index contributed by atoms with van der Waals surface area (Å²) in [6, 6.07) is 21.0. The number of benzene rings is 3. The van der Waals surface area contributed by atoms with Crippen molar-refractivity contribution in [2.24, 2.45) is 0 Å². The van der Waals surface area contributed by atoms with Gasteiger partial charge in [0, 0.05) is 14.9 Å². The number of aliphatic hydroxyl groups excluding tert-OH is 1. The highest BCUT2D eigenvalue weighted by molar-refractivity contribution is 9.10. The maximum absolute atomic E-state index is 11.0. The Hall–Kier alpha value is -2.34. The lowest BCUT2D eigenvalue weighted by molar-refractivity contribution is 0.215. The van der Waals surface area contributed by atoms with E-state index in [9.17, 15) is 5.11 Å². The number of ether oxygens (including phenoxy) is 1. The Bertz CT molecular complexity index is 1110. The van der Waals surface area contributed by atoms with Crippen molar-refractivity contribution in [2.45, 2.75) is 12.6 Å². The predicted molar refractivity (Wildman–Crippen MR) is 115 cm³/mol. The molecule has 6 heteroatoms. The maximum atomic E-state index is 11.0. The Labute approximate surface area is 176 Å². The number of methoxy groups -OCH3 is 1. The summed E-state index contributed by atoms with van der Waals surface area (Å²) in [5.41, 5.74) is 3.40. The van der Waals surface area contributed by atoms with Gasteiger partial charge in [0.05, 0.1) is 19.2 Å². The van der Waals surface area contributed by atoms with E-state index in [2.05, 4.69) is 15.9 Å². The van der Waals surface area contributed by atoms with Crippen LogP contribution in [0.15, 0.2) is 71.2 Å². The van der Waals surface area contributed by atoms with Gasteiger partial charge >= 0.3 is 0 Å². The molecule has 0 aliphatic rings. The number of rotatable bonds is 5. The quantitative estimate of drug-likeness (QED) is 0.425. The lowest BCUT2D eigenvalue weighted by Crippen LogP contribution is -2.05. The zero-order valence-electron chi connectivity index (χ0n) is 15.1. The van der Waals surface area contributed by atoms with Crippen LogP contribution in [0.25, 0.3) is 10.9 Å². The largest absolute Gasteiger partial charge is 0.497 e. The summed E-state index contributed by atoms with van der Waals surface area (Å²) in [5, 5.41) is 17.3. The molecule has 1 unspecified atom stereocenters. The van der Waals surface area contributed by atoms with Crippen molar-refractivity contribution in [3.05, 3.63) is 93.0 Å². The van der Waals surface area contributed by atoms with Crippen LogP contribution in [0, 0.1) is 0 Å². The first-order valence-corrected chi connectivity index (χ1v) is 9.95. The van der Waals surface area contributed by atoms with E-state index >= 15 is 0 Å². The third-order valence-corrected chi connectivity index (χ3v) is 5.58. The summed E-state index contributed by atoms with van der Waals surface area (Å²) in [7, 11) is 1.65. The minimum Gasteiger partial charge on any atom is -0.497 e. The van der Waals surface area contributed by atoms with Crippen LogP contribution in [-0.4, -0.2) is 22.0 Å². The lowest BCUT2D eigenvalue weighted by atomic mass is 10.0. The highest BCUT2D eigenvalue weighted by Gasteiger charge is 2.21. The van der Waals surface area contributed by atoms with Gasteiger partial charge in [0.25, 0.3) is 0 Å². The first-order valence-electron chi connectivity index (χ1n) is 8.78. The van der Waals surface area contributed by atoms with E-state index < -0.39 is 6.10 Å². The van der Waals surface area contributed by atoms with Crippen molar-refractivity contribution in [3.8, 4) is 5.75 Å². The molecule has 4 aromatic rings. The Morgan fingerprint density at radius 3 is 2.46 bits per heavy atom. The second kappa shape index (κ2) is 7.95. The third-order valence-electron chi connectivity index (χ3n) is 4.69. The smallest absolute Gasteiger partial charge is 0.123 e. The molecule has 1 atom stereocenters. The summed E-state index contributed by atoms with van der Waals surface area (Å²) in [5.74, 6) is 0.814. The molecule has 0 amide bonds. The van der Waals surface area contributed by atoms with E-state index in [1.165, 1.54) is 0 Å². The number of halogens is 2. The van der Waals surface area contributed by atoms with Gasteiger partial charge in [0.2, 0.25) is 0 Å². The van der Waals surface area contributed by atoms with Gasteiger partial charge in [-0.15, -0.1) is 0 Å². The summed E-state index contributed by atoms with van der Waals surface area (Å²) >= 11 is 9.61. The van der Waals surface area contributed by atoms with Crippen LogP contribution in [0.3, 0.4) is 0 Å². The Kier molecular flexibility index (Phi) is 5.40. The number of aliphatic hydroxyl groups is 1. The molecule has 1 N–H and O–H groups in total. The van der Waals surface area contributed by atoms with Crippen molar-refractivity contribution in [1.82, 2.24) is 9.78 Å². The summed E-state index contributed by atoms with van der Waals surface area (Å²) in [4.78, 5) is 0. The van der Waals surface area contributed by atoms with Crippen LogP contribution in [0.4, 0.5) is 0 Å². The second-order valence-electron chi connectivity index (χ2n) is 6.48. The number of para-hydroxylation sites is 1. The number of nitrogens with zero attached hydrogens (tertiary/aromatic N) is 2. The Morgan fingerprint density at radius 2 is 1.79 bits per heavy atom. The fourth-order valence-corrected chi connectivity index (χ4v) is 3.94. The zero-order chi connectivity index (χ0) is 19.7. The molecule has 0 saturated carbocycles. The summed E-state index contributed by atoms with van der Waals surface area (Å²) in [6.07, 6.45) is -0.841. The van der Waals surface area contributed by atoms with Crippen molar-refractivity contribution in [2.75, 3.05) is 7.11 Å². The molecule has 28 heavy (non-hydrogen) atoms. The molecule has 142 valence electrons. The molecule has 0 bridgehead atoms. The molecule has 1 aromatic heterocycles. The SMILES string of the molecule is COc1ccc(Cn2nc(C(O)c3ccc(Cl)cc3)c3cccc(Br)c32)cc1. The van der Waals surface area contributed by atoms with E-state index in [1.807, 2.05) is 59.3 Å². The molecule has 0 aliphatic carbocycles. The molecule has 0 fully saturated rings. The first-order chi connectivity index (χ1) is 13.6. The predicted octanol–water partition coefficient (Wildman–Crippen LogP) is 5.59. The number of fused-ring (bicyclic) bond motifs is 1. The molecular formula is C22H18BrClN2O2. The van der Waals surface area contributed by atoms with Gasteiger partial charge in [-0.3, -0.25) is 4.68 Å². The zero-order valence-corrected chi connectivity index (χ0v) is 17.5. The van der Waals surface area contributed by atoms with Gasteiger partial charge < -0.3 is 9.84 Å². The molecule has 1 heterocycles. The van der Waals surface area contributed by atoms with Gasteiger partial charge in [0.15, 0.2) is 0 Å². The van der Waals surface area contributed by atoms with Crippen molar-refractivity contribution in [1.29, 1.82) is 0 Å². The molecule has 0 saturated heterocycles. The van der Waals surface area contributed by atoms with Gasteiger partial charge in [-0.05, 0) is 57.4 Å². The van der Waals surface area contributed by atoms with Gasteiger partial charge in [-0.2, -0.15) is 5.10 Å². The molecule has 4 nitrogen and oxygen atoms in total. The first kappa shape index (κ1) is 19.0. The van der Waals surface area contributed by atoms with Gasteiger partial charge in [-0.1, -0.05) is 48.0 Å². The maximum Gasteiger partial charge on any atom is 0.123 e. The van der Waals surface area contributed by atoms with E-state index in [-0.39, 0.29) is 0 Å². The third kappa shape index (κ3) is 3.65. The Balaban J connectivity index is 1.77. The van der Waals surface area contributed by atoms with Gasteiger partial charge in [0.1, 0.15) is 17.5 Å². The van der Waals surface area contributed by atoms with E-state index in [4.69, 9.17) is 21.4 Å². The van der Waals surface area contributed by atoms with Crippen molar-refractivity contribution in [3.63, 3.8) is 0 Å². The highest BCUT2D eigenvalue weighted by Crippen LogP contribution is 2.33. The molecular weight excluding hydrogens is 440 g/mol. The fraction of sp³-hybridized carbons (Fsp3) is 0.136. The fourth-order valence-electron chi connectivity index (χ4n) is 3.24. The minimum atomic E-state index is -0.841. The topological polar surface area (TPSA) is 47.3 Å². The summed E-state index contributed by atoms with van der Waals surface area (Å²) < 4.78 is 8.07. The molecule has 0 aliphatic heterocycles. The van der Waals surface area contributed by atoms with Crippen LogP contribution in [0.1, 0.15) is 22.9 Å². The molecule has 0 radical (unpaired) electrons. The van der Waals surface area contributed by atoms with Crippen molar-refractivity contribution >= 4 is 38.4 Å². The number of hydrogen-bond acceptors (Lipinski definition) is 3. The van der Waals surface area contributed by atoms with E-state index in [0.717, 1.165) is 32.3 Å². The Morgan fingerprint density at radius 1 is 1.07 bits per heavy atom. The highest BCUT2D eigenvalue weighted by atomic mass is 79.9. The van der Waals surface area contributed by atoms with Crippen molar-refractivity contribution < 1.29 is 9.84 Å². The number of hydrogen-bond donors (Lipinski definition) is 1. The van der Waals surface area contributed by atoms with Crippen LogP contribution in [0.5, 0.6) is 5.75 Å². The molecule has 4 rings (SSSR count). The summed E-state index contributed by atoms with van der Waals surface area (Å²) in [6.45, 7) is 0.580. The molecule has 3 aromatic carbocycles. The normalized spacial score (nSPS) is 12.3. The second-order valence-corrected chi connectivity index (χ2v) is 7.77. The van der Waals surface area contributed by atoms with Crippen LogP contribution < -0.4 is 4.74 Å². The van der Waals surface area contributed by atoms with Crippen LogP contribution >= 0.6 is 27.5 Å². The minimum absolute atomic E-state index is 0.580. The monoisotopic (exact) mass is 456 g/mol. The van der Waals surface area contributed by atoms with Crippen LogP contribution in [0.2, 0.25) is 5.02 Å². The number of aromatic nitrogens is 2. The average Bonchev–Trinajstić information content (AvgIpc) is 3.08. The van der Waals surface area contributed by atoms with Gasteiger partial charge in [-0.25, -0.2) is 0 Å². The lowest BCUT2D eigenvalue weighted by Gasteiger charge is -2.09. The van der Waals surface area contributed by atoms with E-state index in [1.54, 1.807) is 19.2 Å². The molecule has 0 spiro atoms. The van der Waals surface area contributed by atoms with E-state index in [0.29, 0.717) is 17.3 Å². The average molecular weight is 458 g/mol.